The minimum Gasteiger partial charge on any atom is -0.354 e. The summed E-state index contributed by atoms with van der Waals surface area (Å²) < 4.78 is 25.9. The Morgan fingerprint density at radius 2 is 1.58 bits per heavy atom. The lowest BCUT2D eigenvalue weighted by atomic mass is 10.0. The Balaban J connectivity index is 2.15. The first-order chi connectivity index (χ1) is 12.3. The molecule has 5 nitrogen and oxygen atoms in total. The maximum absolute atomic E-state index is 12.8. The van der Waals surface area contributed by atoms with E-state index in [0.29, 0.717) is 18.7 Å². The molecule has 2 rings (SSSR count). The van der Waals surface area contributed by atoms with Crippen molar-refractivity contribution in [3.63, 3.8) is 0 Å². The molecular weight excluding hydrogens is 348 g/mol. The molecule has 0 fully saturated rings. The van der Waals surface area contributed by atoms with E-state index in [1.54, 1.807) is 24.3 Å². The number of nitrogens with one attached hydrogen (secondary N) is 1. The van der Waals surface area contributed by atoms with Crippen LogP contribution in [0.25, 0.3) is 0 Å². The lowest BCUT2D eigenvalue weighted by Gasteiger charge is -2.30. The lowest BCUT2D eigenvalue weighted by Crippen LogP contribution is -2.49. The quantitative estimate of drug-likeness (QED) is 0.772. The van der Waals surface area contributed by atoms with Gasteiger partial charge in [0.25, 0.3) is 0 Å². The molecule has 0 bridgehead atoms. The smallest absolute Gasteiger partial charge is 0.243 e. The highest BCUT2D eigenvalue weighted by Gasteiger charge is 2.31. The number of nitrogens with zero attached hydrogens (tertiary/aromatic N) is 1. The van der Waals surface area contributed by atoms with Gasteiger partial charge < -0.3 is 5.32 Å². The van der Waals surface area contributed by atoms with E-state index in [4.69, 9.17) is 0 Å². The predicted octanol–water partition coefficient (Wildman–Crippen LogP) is 3.15. The number of benzene rings is 2. The van der Waals surface area contributed by atoms with Crippen LogP contribution in [0.3, 0.4) is 0 Å². The van der Waals surface area contributed by atoms with Gasteiger partial charge in [0.1, 0.15) is 6.04 Å². The fraction of sp³-hybridized carbons (Fsp3) is 0.350. The topological polar surface area (TPSA) is 66.5 Å². The van der Waals surface area contributed by atoms with Crippen molar-refractivity contribution in [1.29, 1.82) is 0 Å². The standard InChI is InChI=1S/C20H26N2O3S/c1-4-19(22(26(3,24)25)18-13-9-6-10-14-18)20(23)21-15-16(2)17-11-7-5-8-12-17/h5-14,16,19H,4,15H2,1-3H3,(H,21,23)/t16-,19-/m0/s1. The Morgan fingerprint density at radius 3 is 2.08 bits per heavy atom. The molecule has 1 amide bonds. The van der Waals surface area contributed by atoms with Gasteiger partial charge in [-0.2, -0.15) is 0 Å². The molecule has 6 heteroatoms. The zero-order valence-electron chi connectivity index (χ0n) is 15.4. The zero-order valence-corrected chi connectivity index (χ0v) is 16.2. The maximum Gasteiger partial charge on any atom is 0.243 e. The van der Waals surface area contributed by atoms with Crippen LogP contribution in [0.4, 0.5) is 5.69 Å². The number of carbonyl (C=O) groups excluding carboxylic acids is 1. The van der Waals surface area contributed by atoms with Crippen molar-refractivity contribution in [2.45, 2.75) is 32.2 Å². The van der Waals surface area contributed by atoms with Gasteiger partial charge in [-0.1, -0.05) is 62.4 Å². The Hall–Kier alpha value is -2.34. The number of anilines is 1. The van der Waals surface area contributed by atoms with Crippen LogP contribution in [0.15, 0.2) is 60.7 Å². The van der Waals surface area contributed by atoms with Crippen LogP contribution in [-0.2, 0) is 14.8 Å². The van der Waals surface area contributed by atoms with E-state index in [1.807, 2.05) is 50.2 Å². The van der Waals surface area contributed by atoms with E-state index in [9.17, 15) is 13.2 Å². The first-order valence-corrected chi connectivity index (χ1v) is 10.6. The summed E-state index contributed by atoms with van der Waals surface area (Å²) in [6.07, 6.45) is 1.51. The highest BCUT2D eigenvalue weighted by molar-refractivity contribution is 7.92. The molecule has 0 unspecified atom stereocenters. The highest BCUT2D eigenvalue weighted by Crippen LogP contribution is 2.22. The van der Waals surface area contributed by atoms with Crippen LogP contribution >= 0.6 is 0 Å². The van der Waals surface area contributed by atoms with Crippen molar-refractivity contribution in [1.82, 2.24) is 5.32 Å². The summed E-state index contributed by atoms with van der Waals surface area (Å²) in [6, 6.07) is 17.8. The molecule has 2 aromatic rings. The summed E-state index contributed by atoms with van der Waals surface area (Å²) in [5.41, 5.74) is 1.62. The van der Waals surface area contributed by atoms with E-state index >= 15 is 0 Å². The first-order valence-electron chi connectivity index (χ1n) is 8.71. The molecule has 0 heterocycles. The molecule has 0 aliphatic heterocycles. The summed E-state index contributed by atoms with van der Waals surface area (Å²) in [4.78, 5) is 12.8. The fourth-order valence-corrected chi connectivity index (χ4v) is 4.12. The number of rotatable bonds is 8. The third-order valence-corrected chi connectivity index (χ3v) is 5.47. The second kappa shape index (κ2) is 8.85. The van der Waals surface area contributed by atoms with Gasteiger partial charge in [0.05, 0.1) is 11.9 Å². The number of sulfonamides is 1. The Labute approximate surface area is 156 Å². The third-order valence-electron chi connectivity index (χ3n) is 4.29. The van der Waals surface area contributed by atoms with Crippen LogP contribution in [0.2, 0.25) is 0 Å². The van der Waals surface area contributed by atoms with E-state index in [0.717, 1.165) is 11.8 Å². The van der Waals surface area contributed by atoms with Crippen molar-refractivity contribution < 1.29 is 13.2 Å². The predicted molar refractivity (Wildman–Crippen MR) is 106 cm³/mol. The monoisotopic (exact) mass is 374 g/mol. The Bertz CT molecular complexity index is 807. The van der Waals surface area contributed by atoms with Crippen LogP contribution in [0, 0.1) is 0 Å². The normalized spacial score (nSPS) is 13.7. The molecule has 2 atom stereocenters. The van der Waals surface area contributed by atoms with Gasteiger partial charge in [-0.05, 0) is 30.0 Å². The minimum atomic E-state index is -3.59. The SMILES string of the molecule is CC[C@@H](C(=O)NC[C@H](C)c1ccccc1)N(c1ccccc1)S(C)(=O)=O. The van der Waals surface area contributed by atoms with E-state index in [1.165, 1.54) is 4.31 Å². The number of hydrogen-bond donors (Lipinski definition) is 1. The second-order valence-electron chi connectivity index (χ2n) is 6.38. The van der Waals surface area contributed by atoms with Crippen molar-refractivity contribution in [2.75, 3.05) is 17.1 Å². The molecule has 0 radical (unpaired) electrons. The lowest BCUT2D eigenvalue weighted by molar-refractivity contribution is -0.122. The van der Waals surface area contributed by atoms with Gasteiger partial charge >= 0.3 is 0 Å². The molecular formula is C20H26N2O3S. The summed E-state index contributed by atoms with van der Waals surface area (Å²) in [5, 5.41) is 2.91. The molecule has 1 N–H and O–H groups in total. The van der Waals surface area contributed by atoms with Gasteiger partial charge in [0.15, 0.2) is 0 Å². The summed E-state index contributed by atoms with van der Waals surface area (Å²) in [7, 11) is -3.59. The number of para-hydroxylation sites is 1. The van der Waals surface area contributed by atoms with Crippen LogP contribution in [-0.4, -0.2) is 33.2 Å². The average molecular weight is 375 g/mol. The minimum absolute atomic E-state index is 0.140. The summed E-state index contributed by atoms with van der Waals surface area (Å²) in [5.74, 6) is -0.148. The molecule has 0 aliphatic rings. The van der Waals surface area contributed by atoms with Crippen molar-refractivity contribution >= 4 is 21.6 Å². The molecule has 0 aliphatic carbocycles. The summed E-state index contributed by atoms with van der Waals surface area (Å²) in [6.45, 7) is 4.29. The van der Waals surface area contributed by atoms with Gasteiger partial charge in [-0.15, -0.1) is 0 Å². The van der Waals surface area contributed by atoms with Crippen molar-refractivity contribution in [2.24, 2.45) is 0 Å². The molecule has 0 saturated heterocycles. The molecule has 140 valence electrons. The van der Waals surface area contributed by atoms with Gasteiger partial charge in [0.2, 0.25) is 15.9 Å². The Kier molecular flexibility index (Phi) is 6.80. The van der Waals surface area contributed by atoms with Crippen LogP contribution in [0.1, 0.15) is 31.7 Å². The number of carbonyl (C=O) groups is 1. The number of hydrogen-bond acceptors (Lipinski definition) is 3. The van der Waals surface area contributed by atoms with Crippen molar-refractivity contribution in [3.8, 4) is 0 Å². The maximum atomic E-state index is 12.8. The van der Waals surface area contributed by atoms with Crippen molar-refractivity contribution in [3.05, 3.63) is 66.2 Å². The molecule has 0 saturated carbocycles. The van der Waals surface area contributed by atoms with Crippen LogP contribution < -0.4 is 9.62 Å². The average Bonchev–Trinajstić information content (AvgIpc) is 2.64. The summed E-state index contributed by atoms with van der Waals surface area (Å²) >= 11 is 0. The van der Waals surface area contributed by atoms with Crippen LogP contribution in [0.5, 0.6) is 0 Å². The zero-order chi connectivity index (χ0) is 19.2. The van der Waals surface area contributed by atoms with Gasteiger partial charge in [0, 0.05) is 6.54 Å². The fourth-order valence-electron chi connectivity index (χ4n) is 2.91. The molecule has 2 aromatic carbocycles. The van der Waals surface area contributed by atoms with Gasteiger partial charge in [-0.25, -0.2) is 8.42 Å². The highest BCUT2D eigenvalue weighted by atomic mass is 32.2. The Morgan fingerprint density at radius 1 is 1.04 bits per heavy atom. The first kappa shape index (κ1) is 20.0. The van der Waals surface area contributed by atoms with E-state index in [2.05, 4.69) is 5.32 Å². The van der Waals surface area contributed by atoms with E-state index < -0.39 is 16.1 Å². The molecule has 0 spiro atoms. The third kappa shape index (κ3) is 5.08. The van der Waals surface area contributed by atoms with E-state index in [-0.39, 0.29) is 11.8 Å². The second-order valence-corrected chi connectivity index (χ2v) is 8.23. The molecule has 0 aromatic heterocycles. The van der Waals surface area contributed by atoms with Gasteiger partial charge in [-0.3, -0.25) is 9.10 Å². The largest absolute Gasteiger partial charge is 0.354 e. The molecule has 26 heavy (non-hydrogen) atoms. The number of amides is 1.